The molecule has 0 spiro atoms. The standard InChI is InChI=1S/C23H19F3N2O/c24-23(25,26)19-8-4-7-17(13-19)22(29)15-28-12-11-21-18(14-28)9-10-20(27-21)16-5-2-1-3-6-16/h1-8,11-14,20H,9-10,15H2/p+1. The number of benzene rings is 2. The molecule has 0 aliphatic carbocycles. The molecule has 0 fully saturated rings. The van der Waals surface area contributed by atoms with Gasteiger partial charge in [-0.25, -0.2) is 0 Å². The average molecular weight is 397 g/mol. The Hall–Kier alpha value is -3.15. The number of alkyl halides is 3. The van der Waals surface area contributed by atoms with E-state index in [4.69, 9.17) is 0 Å². The van der Waals surface area contributed by atoms with E-state index in [2.05, 4.69) is 17.4 Å². The van der Waals surface area contributed by atoms with Gasteiger partial charge in [0.1, 0.15) is 0 Å². The first kappa shape index (κ1) is 19.2. The number of nitrogens with zero attached hydrogens (tertiary/aromatic N) is 1. The maximum atomic E-state index is 12.9. The van der Waals surface area contributed by atoms with Crippen LogP contribution in [0.15, 0.2) is 73.1 Å². The third-order valence-electron chi connectivity index (χ3n) is 5.17. The number of halogens is 3. The van der Waals surface area contributed by atoms with E-state index >= 15 is 0 Å². The molecule has 2 aromatic carbocycles. The minimum absolute atomic E-state index is 0.00327. The number of nitrogens with one attached hydrogen (secondary N) is 1. The summed E-state index contributed by atoms with van der Waals surface area (Å²) in [5.74, 6) is -0.355. The minimum Gasteiger partial charge on any atom is -0.378 e. The molecule has 1 N–H and O–H groups in total. The van der Waals surface area contributed by atoms with Crippen LogP contribution in [0.1, 0.15) is 39.5 Å². The molecule has 0 saturated heterocycles. The maximum Gasteiger partial charge on any atom is 0.416 e. The largest absolute Gasteiger partial charge is 0.416 e. The predicted octanol–water partition coefficient (Wildman–Crippen LogP) is 4.98. The molecular weight excluding hydrogens is 377 g/mol. The van der Waals surface area contributed by atoms with E-state index in [1.807, 2.05) is 30.5 Å². The van der Waals surface area contributed by atoms with Crippen LogP contribution < -0.4 is 9.88 Å². The first-order valence-electron chi connectivity index (χ1n) is 9.44. The van der Waals surface area contributed by atoms with E-state index in [9.17, 15) is 18.0 Å². The van der Waals surface area contributed by atoms with E-state index < -0.39 is 11.7 Å². The Kier molecular flexibility index (Phi) is 5.09. The Morgan fingerprint density at radius 1 is 1.07 bits per heavy atom. The molecule has 3 aromatic rings. The summed E-state index contributed by atoms with van der Waals surface area (Å²) in [6, 6.07) is 16.9. The first-order valence-corrected chi connectivity index (χ1v) is 9.44. The quantitative estimate of drug-likeness (QED) is 0.498. The molecule has 0 radical (unpaired) electrons. The summed E-state index contributed by atoms with van der Waals surface area (Å²) < 4.78 is 40.4. The number of hydrogen-bond donors (Lipinski definition) is 1. The van der Waals surface area contributed by atoms with E-state index in [0.29, 0.717) is 0 Å². The van der Waals surface area contributed by atoms with Gasteiger partial charge in [0, 0.05) is 22.9 Å². The summed E-state index contributed by atoms with van der Waals surface area (Å²) in [7, 11) is 0. The lowest BCUT2D eigenvalue weighted by Gasteiger charge is -2.26. The summed E-state index contributed by atoms with van der Waals surface area (Å²) >= 11 is 0. The number of aromatic nitrogens is 1. The third-order valence-corrected chi connectivity index (χ3v) is 5.17. The summed E-state index contributed by atoms with van der Waals surface area (Å²) in [4.78, 5) is 12.5. The van der Waals surface area contributed by atoms with Gasteiger partial charge in [-0.15, -0.1) is 0 Å². The van der Waals surface area contributed by atoms with E-state index in [1.165, 1.54) is 17.7 Å². The highest BCUT2D eigenvalue weighted by molar-refractivity contribution is 5.95. The highest BCUT2D eigenvalue weighted by atomic mass is 19.4. The summed E-state index contributed by atoms with van der Waals surface area (Å²) in [5, 5.41) is 3.53. The van der Waals surface area contributed by atoms with Crippen molar-refractivity contribution in [1.29, 1.82) is 0 Å². The van der Waals surface area contributed by atoms with Gasteiger partial charge >= 0.3 is 6.18 Å². The smallest absolute Gasteiger partial charge is 0.378 e. The lowest BCUT2D eigenvalue weighted by Crippen LogP contribution is -2.38. The number of carbonyl (C=O) groups is 1. The first-order chi connectivity index (χ1) is 13.9. The van der Waals surface area contributed by atoms with Gasteiger partial charge in [0.25, 0.3) is 0 Å². The van der Waals surface area contributed by atoms with Crippen LogP contribution in [0.5, 0.6) is 0 Å². The highest BCUT2D eigenvalue weighted by Gasteiger charge is 2.31. The molecule has 1 aromatic heterocycles. The Morgan fingerprint density at radius 3 is 2.62 bits per heavy atom. The number of rotatable bonds is 4. The van der Waals surface area contributed by atoms with Crippen LogP contribution in [0.3, 0.4) is 0 Å². The minimum atomic E-state index is -4.46. The molecule has 2 heterocycles. The normalized spacial score (nSPS) is 16.0. The van der Waals surface area contributed by atoms with Gasteiger partial charge in [0.2, 0.25) is 12.3 Å². The number of aryl methyl sites for hydroxylation is 1. The Balaban J connectivity index is 1.48. The summed E-state index contributed by atoms with van der Waals surface area (Å²) in [6.45, 7) is -0.00327. The van der Waals surface area contributed by atoms with Gasteiger partial charge < -0.3 is 5.32 Å². The Bertz CT molecular complexity index is 1030. The number of Topliss-reactive ketones (excluding diaryl/α,β-unsaturated/α-hetero) is 1. The van der Waals surface area contributed by atoms with Gasteiger partial charge in [-0.1, -0.05) is 42.5 Å². The van der Waals surface area contributed by atoms with Crippen molar-refractivity contribution in [1.82, 2.24) is 0 Å². The zero-order valence-corrected chi connectivity index (χ0v) is 15.6. The number of fused-ring (bicyclic) bond motifs is 1. The summed E-state index contributed by atoms with van der Waals surface area (Å²) in [5.41, 5.74) is 2.60. The van der Waals surface area contributed by atoms with Crippen LogP contribution in [-0.2, 0) is 19.1 Å². The van der Waals surface area contributed by atoms with Gasteiger partial charge in [0.15, 0.2) is 12.4 Å². The number of anilines is 1. The van der Waals surface area contributed by atoms with Crippen LogP contribution >= 0.6 is 0 Å². The zero-order chi connectivity index (χ0) is 20.4. The molecule has 6 heteroatoms. The van der Waals surface area contributed by atoms with Crippen molar-refractivity contribution in [2.75, 3.05) is 5.32 Å². The Labute approximate surface area is 166 Å². The monoisotopic (exact) mass is 397 g/mol. The highest BCUT2D eigenvalue weighted by Crippen LogP contribution is 2.32. The SMILES string of the molecule is O=C(C[n+]1ccc2c(c1)CCC(c1ccccc1)N2)c1cccc(C(F)(F)F)c1. The van der Waals surface area contributed by atoms with E-state index in [-0.39, 0.29) is 23.9 Å². The molecular formula is C23H20F3N2O+. The lowest BCUT2D eigenvalue weighted by atomic mass is 9.94. The van der Waals surface area contributed by atoms with Crippen LogP contribution in [0.4, 0.5) is 18.9 Å². The third kappa shape index (κ3) is 4.31. The van der Waals surface area contributed by atoms with E-state index in [0.717, 1.165) is 36.2 Å². The number of pyridine rings is 1. The molecule has 148 valence electrons. The molecule has 3 nitrogen and oxygen atoms in total. The lowest BCUT2D eigenvalue weighted by molar-refractivity contribution is -0.683. The van der Waals surface area contributed by atoms with Gasteiger partial charge in [-0.2, -0.15) is 17.7 Å². The molecule has 29 heavy (non-hydrogen) atoms. The molecule has 1 aliphatic heterocycles. The van der Waals surface area contributed by atoms with Crippen molar-refractivity contribution >= 4 is 11.5 Å². The van der Waals surface area contributed by atoms with Gasteiger partial charge in [-0.3, -0.25) is 4.79 Å². The van der Waals surface area contributed by atoms with Crippen LogP contribution in [0.2, 0.25) is 0 Å². The zero-order valence-electron chi connectivity index (χ0n) is 15.6. The fraction of sp³-hybridized carbons (Fsp3) is 0.217. The maximum absolute atomic E-state index is 12.9. The fourth-order valence-electron chi connectivity index (χ4n) is 3.65. The molecule has 4 rings (SSSR count). The van der Waals surface area contributed by atoms with Crippen LogP contribution in [0.25, 0.3) is 0 Å². The second kappa shape index (κ2) is 7.70. The fourth-order valence-corrected chi connectivity index (χ4v) is 3.65. The molecule has 1 aliphatic rings. The summed E-state index contributed by atoms with van der Waals surface area (Å²) in [6.07, 6.45) is 1.01. The second-order valence-corrected chi connectivity index (χ2v) is 7.20. The van der Waals surface area contributed by atoms with Crippen molar-refractivity contribution in [3.8, 4) is 0 Å². The molecule has 0 amide bonds. The average Bonchev–Trinajstić information content (AvgIpc) is 2.73. The second-order valence-electron chi connectivity index (χ2n) is 7.20. The van der Waals surface area contributed by atoms with Crippen molar-refractivity contribution in [3.63, 3.8) is 0 Å². The van der Waals surface area contributed by atoms with Gasteiger partial charge in [0.05, 0.1) is 11.6 Å². The topological polar surface area (TPSA) is 33.0 Å². The number of ketones is 1. The molecule has 1 atom stereocenters. The number of carbonyl (C=O) groups excluding carboxylic acids is 1. The van der Waals surface area contributed by atoms with Crippen molar-refractivity contribution in [2.45, 2.75) is 31.6 Å². The van der Waals surface area contributed by atoms with Crippen LogP contribution in [-0.4, -0.2) is 5.78 Å². The van der Waals surface area contributed by atoms with E-state index in [1.54, 1.807) is 10.8 Å². The van der Waals surface area contributed by atoms with Crippen molar-refractivity contribution < 1.29 is 22.5 Å². The molecule has 0 bridgehead atoms. The Morgan fingerprint density at radius 2 is 1.86 bits per heavy atom. The van der Waals surface area contributed by atoms with Crippen molar-refractivity contribution in [2.24, 2.45) is 0 Å². The predicted molar refractivity (Wildman–Crippen MR) is 104 cm³/mol. The van der Waals surface area contributed by atoms with Crippen molar-refractivity contribution in [3.05, 3.63) is 95.3 Å². The molecule has 1 unspecified atom stereocenters. The van der Waals surface area contributed by atoms with Gasteiger partial charge in [-0.05, 0) is 30.5 Å². The van der Waals surface area contributed by atoms with Crippen LogP contribution in [0, 0.1) is 0 Å². The molecule has 0 saturated carbocycles. The number of hydrogen-bond acceptors (Lipinski definition) is 2.